The smallest absolute Gasteiger partial charge is 0.217 e. The standard InChI is InChI=1S/C14H29NO5Si2/c1-9(16)15-11-13(20-22(5,6)7)12(19-21(2,3)4)10-8-17-14(11)18-10/h10-14H,8H2,1-7H3,(H,15,16)/t10-,11-,12-,13-,14-/m1/s1. The summed E-state index contributed by atoms with van der Waals surface area (Å²) in [6.07, 6.45) is -0.998. The van der Waals surface area contributed by atoms with Crippen molar-refractivity contribution in [2.24, 2.45) is 0 Å². The monoisotopic (exact) mass is 347 g/mol. The van der Waals surface area contributed by atoms with Gasteiger partial charge in [0.05, 0.1) is 12.7 Å². The van der Waals surface area contributed by atoms with Crippen LogP contribution >= 0.6 is 0 Å². The summed E-state index contributed by atoms with van der Waals surface area (Å²) in [4.78, 5) is 11.6. The van der Waals surface area contributed by atoms with E-state index in [4.69, 9.17) is 18.3 Å². The molecule has 6 nitrogen and oxygen atoms in total. The largest absolute Gasteiger partial charge is 0.410 e. The van der Waals surface area contributed by atoms with E-state index in [9.17, 15) is 4.79 Å². The Morgan fingerprint density at radius 2 is 1.59 bits per heavy atom. The van der Waals surface area contributed by atoms with Crippen LogP contribution in [0.2, 0.25) is 39.3 Å². The second-order valence-electron chi connectivity index (χ2n) is 7.99. The summed E-state index contributed by atoms with van der Waals surface area (Å²) < 4.78 is 24.4. The number of carbonyl (C=O) groups excluding carboxylic acids is 1. The van der Waals surface area contributed by atoms with Gasteiger partial charge in [0.2, 0.25) is 5.91 Å². The molecule has 2 heterocycles. The highest BCUT2D eigenvalue weighted by molar-refractivity contribution is 6.70. The van der Waals surface area contributed by atoms with Crippen molar-refractivity contribution < 1.29 is 23.1 Å². The minimum absolute atomic E-state index is 0.113. The molecule has 22 heavy (non-hydrogen) atoms. The molecule has 2 aliphatic heterocycles. The minimum Gasteiger partial charge on any atom is -0.410 e. The molecule has 2 saturated heterocycles. The second-order valence-corrected chi connectivity index (χ2v) is 16.9. The Hall–Kier alpha value is -0.256. The van der Waals surface area contributed by atoms with Gasteiger partial charge in [-0.1, -0.05) is 0 Å². The number of fused-ring (bicyclic) bond motifs is 2. The molecule has 0 aromatic heterocycles. The molecule has 0 aromatic rings. The number of rotatable bonds is 5. The highest BCUT2D eigenvalue weighted by atomic mass is 28.4. The van der Waals surface area contributed by atoms with Gasteiger partial charge < -0.3 is 23.6 Å². The Balaban J connectivity index is 2.28. The van der Waals surface area contributed by atoms with Crippen LogP contribution in [0.15, 0.2) is 0 Å². The number of amides is 1. The van der Waals surface area contributed by atoms with Crippen molar-refractivity contribution in [3.63, 3.8) is 0 Å². The average Bonchev–Trinajstić information content (AvgIpc) is 2.72. The van der Waals surface area contributed by atoms with Gasteiger partial charge in [0.1, 0.15) is 18.2 Å². The highest BCUT2D eigenvalue weighted by Gasteiger charge is 2.54. The first-order valence-corrected chi connectivity index (χ1v) is 14.7. The van der Waals surface area contributed by atoms with Crippen LogP contribution in [-0.4, -0.2) is 59.8 Å². The summed E-state index contributed by atoms with van der Waals surface area (Å²) in [7, 11) is -3.60. The third-order valence-electron chi connectivity index (χ3n) is 3.42. The molecule has 2 bridgehead atoms. The van der Waals surface area contributed by atoms with Gasteiger partial charge >= 0.3 is 0 Å². The molecule has 0 aliphatic carbocycles. The van der Waals surface area contributed by atoms with Gasteiger partial charge in [-0.2, -0.15) is 0 Å². The van der Waals surface area contributed by atoms with E-state index >= 15 is 0 Å². The average molecular weight is 348 g/mol. The van der Waals surface area contributed by atoms with Crippen molar-refractivity contribution in [3.05, 3.63) is 0 Å². The van der Waals surface area contributed by atoms with E-state index in [0.717, 1.165) is 0 Å². The first-order chi connectivity index (χ1) is 9.96. The number of hydrogen-bond donors (Lipinski definition) is 1. The summed E-state index contributed by atoms with van der Waals surface area (Å²) in [5, 5.41) is 2.94. The zero-order chi connectivity index (χ0) is 16.7. The van der Waals surface area contributed by atoms with E-state index in [-0.39, 0.29) is 30.3 Å². The van der Waals surface area contributed by atoms with Crippen LogP contribution in [0.5, 0.6) is 0 Å². The fourth-order valence-corrected chi connectivity index (χ4v) is 5.06. The maximum absolute atomic E-state index is 11.6. The van der Waals surface area contributed by atoms with E-state index in [1.54, 1.807) is 0 Å². The molecule has 0 saturated carbocycles. The highest BCUT2D eigenvalue weighted by Crippen LogP contribution is 2.34. The molecule has 5 atom stereocenters. The van der Waals surface area contributed by atoms with Gasteiger partial charge in [-0.3, -0.25) is 4.79 Å². The molecule has 1 amide bonds. The Bertz CT molecular complexity index is 420. The normalized spacial score (nSPS) is 35.5. The van der Waals surface area contributed by atoms with E-state index in [1.165, 1.54) is 6.92 Å². The van der Waals surface area contributed by atoms with Crippen LogP contribution in [0, 0.1) is 0 Å². The number of ether oxygens (including phenoxy) is 2. The van der Waals surface area contributed by atoms with E-state index in [0.29, 0.717) is 6.61 Å². The van der Waals surface area contributed by atoms with Crippen LogP contribution in [-0.2, 0) is 23.1 Å². The van der Waals surface area contributed by atoms with Crippen LogP contribution in [0.3, 0.4) is 0 Å². The Kier molecular flexibility index (Phi) is 5.20. The van der Waals surface area contributed by atoms with E-state index < -0.39 is 22.9 Å². The number of hydrogen-bond acceptors (Lipinski definition) is 5. The zero-order valence-electron chi connectivity index (χ0n) is 14.6. The van der Waals surface area contributed by atoms with Crippen molar-refractivity contribution in [1.82, 2.24) is 5.32 Å². The Labute approximate surface area is 135 Å². The van der Waals surface area contributed by atoms with Crippen LogP contribution in [0.4, 0.5) is 0 Å². The summed E-state index contributed by atoms with van der Waals surface area (Å²) >= 11 is 0. The fraction of sp³-hybridized carbons (Fsp3) is 0.929. The summed E-state index contributed by atoms with van der Waals surface area (Å²) in [6.45, 7) is 14.9. The van der Waals surface area contributed by atoms with Crippen LogP contribution < -0.4 is 5.32 Å². The summed E-state index contributed by atoms with van der Waals surface area (Å²) in [5.41, 5.74) is 0. The van der Waals surface area contributed by atoms with Gasteiger partial charge in [-0.25, -0.2) is 0 Å². The van der Waals surface area contributed by atoms with Crippen molar-refractivity contribution in [2.45, 2.75) is 76.8 Å². The molecule has 2 fully saturated rings. The molecule has 1 N–H and O–H groups in total. The lowest BCUT2D eigenvalue weighted by molar-refractivity contribution is -0.178. The molecule has 0 unspecified atom stereocenters. The molecule has 8 heteroatoms. The molecular formula is C14H29NO5Si2. The third-order valence-corrected chi connectivity index (χ3v) is 5.38. The molecule has 0 aromatic carbocycles. The molecule has 2 aliphatic rings. The lowest BCUT2D eigenvalue weighted by atomic mass is 9.99. The number of carbonyl (C=O) groups is 1. The number of nitrogens with one attached hydrogen (secondary N) is 1. The molecule has 2 rings (SSSR count). The first kappa shape index (κ1) is 18.1. The van der Waals surface area contributed by atoms with Crippen LogP contribution in [0.1, 0.15) is 6.92 Å². The maximum Gasteiger partial charge on any atom is 0.217 e. The van der Waals surface area contributed by atoms with Crippen molar-refractivity contribution >= 4 is 22.5 Å². The van der Waals surface area contributed by atoms with Crippen molar-refractivity contribution in [2.75, 3.05) is 6.61 Å². The van der Waals surface area contributed by atoms with E-state index in [2.05, 4.69) is 44.6 Å². The van der Waals surface area contributed by atoms with Crippen molar-refractivity contribution in [3.8, 4) is 0 Å². The quantitative estimate of drug-likeness (QED) is 0.767. The SMILES string of the molecule is CC(=O)N[C@H]1[C@@H]2OC[C@@H](O2)[C@@H](O[Si](C)(C)C)[C@@H]1O[Si](C)(C)C. The lowest BCUT2D eigenvalue weighted by Crippen LogP contribution is -2.65. The maximum atomic E-state index is 11.6. The van der Waals surface area contributed by atoms with Crippen LogP contribution in [0.25, 0.3) is 0 Å². The Morgan fingerprint density at radius 1 is 1.05 bits per heavy atom. The van der Waals surface area contributed by atoms with Gasteiger partial charge in [0, 0.05) is 6.92 Å². The van der Waals surface area contributed by atoms with Gasteiger partial charge in [0.25, 0.3) is 0 Å². The second kappa shape index (κ2) is 6.33. The van der Waals surface area contributed by atoms with Crippen molar-refractivity contribution in [1.29, 1.82) is 0 Å². The lowest BCUT2D eigenvalue weighted by Gasteiger charge is -2.45. The minimum atomic E-state index is -1.81. The summed E-state index contributed by atoms with van der Waals surface area (Å²) in [5.74, 6) is -0.113. The molecule has 128 valence electrons. The Morgan fingerprint density at radius 3 is 2.09 bits per heavy atom. The van der Waals surface area contributed by atoms with Gasteiger partial charge in [-0.15, -0.1) is 0 Å². The predicted octanol–water partition coefficient (Wildman–Crippen LogP) is 1.69. The third kappa shape index (κ3) is 4.62. The van der Waals surface area contributed by atoms with Gasteiger partial charge in [-0.05, 0) is 39.3 Å². The molecule has 0 spiro atoms. The molecule has 0 radical (unpaired) electrons. The predicted molar refractivity (Wildman–Crippen MR) is 88.7 cm³/mol. The topological polar surface area (TPSA) is 66.0 Å². The fourth-order valence-electron chi connectivity index (χ4n) is 2.86. The zero-order valence-corrected chi connectivity index (χ0v) is 16.6. The first-order valence-electron chi connectivity index (χ1n) is 7.86. The summed E-state index contributed by atoms with van der Waals surface area (Å²) in [6, 6.07) is -0.329. The van der Waals surface area contributed by atoms with E-state index in [1.807, 2.05) is 0 Å². The molecular weight excluding hydrogens is 318 g/mol. The van der Waals surface area contributed by atoms with Gasteiger partial charge in [0.15, 0.2) is 22.9 Å².